The van der Waals surface area contributed by atoms with Crippen LogP contribution in [-0.2, 0) is 0 Å². The summed E-state index contributed by atoms with van der Waals surface area (Å²) in [6.45, 7) is 2.65. The van der Waals surface area contributed by atoms with Gasteiger partial charge >= 0.3 is 0 Å². The van der Waals surface area contributed by atoms with Crippen LogP contribution in [0.3, 0.4) is 0 Å². The second kappa shape index (κ2) is 6.68. The minimum absolute atomic E-state index is 0.153. The van der Waals surface area contributed by atoms with E-state index in [9.17, 15) is 4.79 Å². The maximum absolute atomic E-state index is 12.1. The summed E-state index contributed by atoms with van der Waals surface area (Å²) in [7, 11) is 0. The maximum Gasteiger partial charge on any atom is 0.276 e. The van der Waals surface area contributed by atoms with E-state index in [4.69, 9.17) is 16.9 Å². The van der Waals surface area contributed by atoms with Crippen molar-refractivity contribution in [3.8, 4) is 6.07 Å². The van der Waals surface area contributed by atoms with Gasteiger partial charge in [0.1, 0.15) is 11.9 Å². The van der Waals surface area contributed by atoms with E-state index in [0.29, 0.717) is 28.6 Å². The molecule has 1 amide bonds. The number of carbonyl (C=O) groups excluding carboxylic acids is 1. The summed E-state index contributed by atoms with van der Waals surface area (Å²) in [4.78, 5) is 12.1. The van der Waals surface area contributed by atoms with Crippen LogP contribution >= 0.6 is 11.6 Å². The number of hydrogen-bond acceptors (Lipinski definition) is 5. The van der Waals surface area contributed by atoms with Gasteiger partial charge in [-0.3, -0.25) is 4.79 Å². The minimum Gasteiger partial charge on any atom is -0.369 e. The topological polar surface area (TPSA) is 90.7 Å². The molecule has 0 saturated heterocycles. The molecule has 0 bridgehead atoms. The zero-order chi connectivity index (χ0) is 15.2. The Balaban J connectivity index is 2.18. The molecule has 7 heteroatoms. The standard InChI is InChI=1S/C14H12ClN5O/c1-2-17-13-6-5-11(19-20-13)14(21)18-12-7-10(15)4-3-9(12)8-16/h3-7H,2H2,1H3,(H,17,20)(H,18,21). The smallest absolute Gasteiger partial charge is 0.276 e. The fraction of sp³-hybridized carbons (Fsp3) is 0.143. The average Bonchev–Trinajstić information content (AvgIpc) is 2.48. The molecule has 1 heterocycles. The first-order chi connectivity index (χ1) is 10.1. The highest BCUT2D eigenvalue weighted by Crippen LogP contribution is 2.20. The zero-order valence-electron chi connectivity index (χ0n) is 11.2. The molecule has 1 aromatic carbocycles. The van der Waals surface area contributed by atoms with Crippen LogP contribution in [0.15, 0.2) is 30.3 Å². The fourth-order valence-corrected chi connectivity index (χ4v) is 1.80. The summed E-state index contributed by atoms with van der Waals surface area (Å²) in [5.74, 6) is 0.138. The van der Waals surface area contributed by atoms with Gasteiger partial charge < -0.3 is 10.6 Å². The van der Waals surface area contributed by atoms with E-state index in [2.05, 4.69) is 20.8 Å². The normalized spacial score (nSPS) is 9.76. The first-order valence-electron chi connectivity index (χ1n) is 6.22. The molecule has 0 fully saturated rings. The number of nitrogens with zero attached hydrogens (tertiary/aromatic N) is 3. The van der Waals surface area contributed by atoms with Crippen molar-refractivity contribution in [2.75, 3.05) is 17.2 Å². The Kier molecular flexibility index (Phi) is 4.69. The highest BCUT2D eigenvalue weighted by molar-refractivity contribution is 6.31. The molecule has 6 nitrogen and oxygen atoms in total. The summed E-state index contributed by atoms with van der Waals surface area (Å²) in [6.07, 6.45) is 0. The first kappa shape index (κ1) is 14.8. The molecular formula is C14H12ClN5O. The number of amides is 1. The van der Waals surface area contributed by atoms with Crippen molar-refractivity contribution in [3.63, 3.8) is 0 Å². The third kappa shape index (κ3) is 3.68. The van der Waals surface area contributed by atoms with Crippen LogP contribution in [0, 0.1) is 11.3 Å². The zero-order valence-corrected chi connectivity index (χ0v) is 12.0. The summed E-state index contributed by atoms with van der Waals surface area (Å²) < 4.78 is 0. The molecule has 2 N–H and O–H groups in total. The van der Waals surface area contributed by atoms with E-state index in [1.165, 1.54) is 12.1 Å². The number of rotatable bonds is 4. The Morgan fingerprint density at radius 1 is 1.33 bits per heavy atom. The van der Waals surface area contributed by atoms with Crippen molar-refractivity contribution in [2.24, 2.45) is 0 Å². The van der Waals surface area contributed by atoms with Crippen molar-refractivity contribution in [1.29, 1.82) is 5.26 Å². The molecule has 0 aliphatic heterocycles. The molecule has 106 valence electrons. The largest absolute Gasteiger partial charge is 0.369 e. The minimum atomic E-state index is -0.454. The van der Waals surface area contributed by atoms with E-state index in [1.807, 2.05) is 13.0 Å². The third-order valence-electron chi connectivity index (χ3n) is 2.61. The predicted molar refractivity (Wildman–Crippen MR) is 80.3 cm³/mol. The molecule has 2 rings (SSSR count). The van der Waals surface area contributed by atoms with Gasteiger partial charge in [0.05, 0.1) is 11.3 Å². The van der Waals surface area contributed by atoms with Gasteiger partial charge in [-0.2, -0.15) is 5.26 Å². The van der Waals surface area contributed by atoms with Gasteiger partial charge in [0.2, 0.25) is 0 Å². The summed E-state index contributed by atoms with van der Waals surface area (Å²) in [5, 5.41) is 22.7. The SMILES string of the molecule is CCNc1ccc(C(=O)Nc2cc(Cl)ccc2C#N)nn1. The van der Waals surface area contributed by atoms with Gasteiger partial charge in [0.25, 0.3) is 5.91 Å². The second-order valence-electron chi connectivity index (χ2n) is 4.09. The average molecular weight is 302 g/mol. The van der Waals surface area contributed by atoms with Gasteiger partial charge in [-0.05, 0) is 37.3 Å². The number of carbonyl (C=O) groups is 1. The number of aromatic nitrogens is 2. The molecule has 0 unspecified atom stereocenters. The van der Waals surface area contributed by atoms with E-state index in [0.717, 1.165) is 0 Å². The summed E-state index contributed by atoms with van der Waals surface area (Å²) in [6, 6.07) is 9.84. The third-order valence-corrected chi connectivity index (χ3v) is 2.84. The van der Waals surface area contributed by atoms with Crippen LogP contribution < -0.4 is 10.6 Å². The number of nitriles is 1. The van der Waals surface area contributed by atoms with E-state index < -0.39 is 5.91 Å². The van der Waals surface area contributed by atoms with E-state index >= 15 is 0 Å². The molecule has 2 aromatic rings. The van der Waals surface area contributed by atoms with Crippen LogP contribution in [0.5, 0.6) is 0 Å². The number of benzene rings is 1. The Morgan fingerprint density at radius 2 is 2.14 bits per heavy atom. The Bertz CT molecular complexity index is 694. The predicted octanol–water partition coefficient (Wildman–Crippen LogP) is 2.69. The molecule has 1 aromatic heterocycles. The number of anilines is 2. The van der Waals surface area contributed by atoms with Crippen molar-refractivity contribution in [2.45, 2.75) is 6.92 Å². The molecule has 0 aliphatic carbocycles. The van der Waals surface area contributed by atoms with Crippen molar-refractivity contribution in [1.82, 2.24) is 10.2 Å². The molecular weight excluding hydrogens is 290 g/mol. The molecule has 0 saturated carbocycles. The highest BCUT2D eigenvalue weighted by atomic mass is 35.5. The number of hydrogen-bond donors (Lipinski definition) is 2. The second-order valence-corrected chi connectivity index (χ2v) is 4.53. The van der Waals surface area contributed by atoms with Gasteiger partial charge in [-0.1, -0.05) is 11.6 Å². The van der Waals surface area contributed by atoms with E-state index in [-0.39, 0.29) is 5.69 Å². The first-order valence-corrected chi connectivity index (χ1v) is 6.60. The Morgan fingerprint density at radius 3 is 2.76 bits per heavy atom. The number of nitrogens with one attached hydrogen (secondary N) is 2. The molecule has 0 radical (unpaired) electrons. The summed E-state index contributed by atoms with van der Waals surface area (Å²) in [5.41, 5.74) is 0.818. The Hall–Kier alpha value is -2.65. The molecule has 21 heavy (non-hydrogen) atoms. The lowest BCUT2D eigenvalue weighted by molar-refractivity contribution is 0.102. The van der Waals surface area contributed by atoms with Crippen LogP contribution in [0.25, 0.3) is 0 Å². The lowest BCUT2D eigenvalue weighted by Gasteiger charge is -2.07. The molecule has 0 spiro atoms. The number of halogens is 1. The van der Waals surface area contributed by atoms with Gasteiger partial charge in [-0.15, -0.1) is 10.2 Å². The van der Waals surface area contributed by atoms with Crippen LogP contribution in [0.4, 0.5) is 11.5 Å². The Labute approximate surface area is 126 Å². The molecule has 0 atom stereocenters. The lowest BCUT2D eigenvalue weighted by Crippen LogP contribution is -2.15. The van der Waals surface area contributed by atoms with Crippen molar-refractivity contribution < 1.29 is 4.79 Å². The maximum atomic E-state index is 12.1. The fourth-order valence-electron chi connectivity index (χ4n) is 1.63. The van der Waals surface area contributed by atoms with E-state index in [1.54, 1.807) is 18.2 Å². The quantitative estimate of drug-likeness (QED) is 0.906. The van der Waals surface area contributed by atoms with Crippen LogP contribution in [0.1, 0.15) is 23.0 Å². The monoisotopic (exact) mass is 301 g/mol. The van der Waals surface area contributed by atoms with Gasteiger partial charge in [0, 0.05) is 11.6 Å². The van der Waals surface area contributed by atoms with Crippen LogP contribution in [-0.4, -0.2) is 22.6 Å². The van der Waals surface area contributed by atoms with Gasteiger partial charge in [-0.25, -0.2) is 0 Å². The highest BCUT2D eigenvalue weighted by Gasteiger charge is 2.11. The lowest BCUT2D eigenvalue weighted by atomic mass is 10.2. The van der Waals surface area contributed by atoms with Crippen LogP contribution in [0.2, 0.25) is 5.02 Å². The molecule has 0 aliphatic rings. The van der Waals surface area contributed by atoms with Crippen molar-refractivity contribution >= 4 is 29.0 Å². The van der Waals surface area contributed by atoms with Crippen molar-refractivity contribution in [3.05, 3.63) is 46.6 Å². The van der Waals surface area contributed by atoms with Gasteiger partial charge in [0.15, 0.2) is 5.69 Å². The summed E-state index contributed by atoms with van der Waals surface area (Å²) >= 11 is 5.86.